The van der Waals surface area contributed by atoms with E-state index >= 15 is 0 Å². The Hall–Kier alpha value is -2.01. The van der Waals surface area contributed by atoms with Crippen LogP contribution < -0.4 is 5.73 Å². The van der Waals surface area contributed by atoms with Crippen LogP contribution in [0.3, 0.4) is 0 Å². The molecule has 0 aliphatic rings. The second-order valence-electron chi connectivity index (χ2n) is 3.72. The van der Waals surface area contributed by atoms with E-state index in [0.29, 0.717) is 11.3 Å². The molecule has 0 aliphatic carbocycles. The number of nitrogen functional groups attached to an aromatic ring is 1. The molecule has 0 atom stereocenters. The Labute approximate surface area is 109 Å². The van der Waals surface area contributed by atoms with Crippen molar-refractivity contribution >= 4 is 23.4 Å². The largest absolute Gasteiger partial charge is 0.478 e. The number of rotatable bonds is 4. The van der Waals surface area contributed by atoms with Crippen molar-refractivity contribution in [2.45, 2.75) is 10.8 Å². The molecule has 0 saturated heterocycles. The summed E-state index contributed by atoms with van der Waals surface area (Å²) in [6, 6.07) is 10.5. The molecule has 0 bridgehead atoms. The third-order valence-corrected chi connectivity index (χ3v) is 3.36. The topological polar surface area (TPSA) is 76.2 Å². The van der Waals surface area contributed by atoms with Crippen molar-refractivity contribution in [2.75, 3.05) is 5.73 Å². The maximum absolute atomic E-state index is 10.7. The monoisotopic (exact) mass is 260 g/mol. The first kappa shape index (κ1) is 12.4. The first-order valence-electron chi connectivity index (χ1n) is 5.32. The third kappa shape index (κ3) is 3.24. The Kier molecular flexibility index (Phi) is 3.84. The number of carboxylic acids is 1. The van der Waals surface area contributed by atoms with Gasteiger partial charge in [-0.15, -0.1) is 11.8 Å². The fourth-order valence-corrected chi connectivity index (χ4v) is 2.18. The van der Waals surface area contributed by atoms with Gasteiger partial charge in [0.1, 0.15) is 0 Å². The molecule has 1 aromatic carbocycles. The summed E-state index contributed by atoms with van der Waals surface area (Å²) in [4.78, 5) is 14.9. The number of nitrogens with zero attached hydrogens (tertiary/aromatic N) is 1. The molecule has 0 aliphatic heterocycles. The number of aromatic carboxylic acids is 1. The van der Waals surface area contributed by atoms with Gasteiger partial charge in [0.2, 0.25) is 0 Å². The zero-order chi connectivity index (χ0) is 13.0. The van der Waals surface area contributed by atoms with Crippen LogP contribution in [0.4, 0.5) is 5.69 Å². The summed E-state index contributed by atoms with van der Waals surface area (Å²) in [5, 5.41) is 9.68. The molecule has 0 amide bonds. The van der Waals surface area contributed by atoms with Gasteiger partial charge in [-0.2, -0.15) is 0 Å². The smallest absolute Gasteiger partial charge is 0.335 e. The number of pyridine rings is 1. The molecule has 0 unspecified atom stereocenters. The summed E-state index contributed by atoms with van der Waals surface area (Å²) < 4.78 is 0. The van der Waals surface area contributed by atoms with Crippen LogP contribution in [0.15, 0.2) is 47.6 Å². The van der Waals surface area contributed by atoms with Gasteiger partial charge in [0.25, 0.3) is 0 Å². The molecule has 1 heterocycles. The summed E-state index contributed by atoms with van der Waals surface area (Å²) in [6.07, 6.45) is 1.62. The van der Waals surface area contributed by atoms with Gasteiger partial charge in [0.05, 0.1) is 22.5 Å². The van der Waals surface area contributed by atoms with Crippen LogP contribution in [-0.2, 0) is 5.75 Å². The van der Waals surface area contributed by atoms with E-state index in [0.717, 1.165) is 16.3 Å². The van der Waals surface area contributed by atoms with Gasteiger partial charge in [0.15, 0.2) is 0 Å². The number of aromatic nitrogens is 1. The molecule has 18 heavy (non-hydrogen) atoms. The van der Waals surface area contributed by atoms with E-state index in [4.69, 9.17) is 10.8 Å². The van der Waals surface area contributed by atoms with Gasteiger partial charge in [-0.25, -0.2) is 9.78 Å². The van der Waals surface area contributed by atoms with E-state index in [1.54, 1.807) is 30.1 Å². The Balaban J connectivity index is 1.97. The lowest BCUT2D eigenvalue weighted by Gasteiger charge is -2.02. The lowest BCUT2D eigenvalue weighted by Crippen LogP contribution is -1.95. The van der Waals surface area contributed by atoms with Gasteiger partial charge < -0.3 is 10.8 Å². The molecule has 1 aromatic heterocycles. The number of hydrogen-bond acceptors (Lipinski definition) is 4. The lowest BCUT2D eigenvalue weighted by molar-refractivity contribution is 0.0697. The summed E-state index contributed by atoms with van der Waals surface area (Å²) in [6.45, 7) is 0. The van der Waals surface area contributed by atoms with Crippen LogP contribution in [0, 0.1) is 0 Å². The van der Waals surface area contributed by atoms with Crippen LogP contribution in [0.25, 0.3) is 0 Å². The minimum Gasteiger partial charge on any atom is -0.478 e. The SMILES string of the molecule is Nc1ccc(SCc2ccc(C(=O)O)cc2)nc1. The Morgan fingerprint density at radius 1 is 1.22 bits per heavy atom. The normalized spacial score (nSPS) is 10.2. The lowest BCUT2D eigenvalue weighted by atomic mass is 10.1. The molecule has 2 rings (SSSR count). The molecule has 3 N–H and O–H groups in total. The number of hydrogen-bond donors (Lipinski definition) is 2. The van der Waals surface area contributed by atoms with Gasteiger partial charge in [-0.05, 0) is 29.8 Å². The van der Waals surface area contributed by atoms with E-state index in [9.17, 15) is 4.79 Å². The van der Waals surface area contributed by atoms with Crippen LogP contribution in [0.1, 0.15) is 15.9 Å². The highest BCUT2D eigenvalue weighted by Gasteiger charge is 2.02. The zero-order valence-electron chi connectivity index (χ0n) is 9.54. The summed E-state index contributed by atoms with van der Waals surface area (Å²) in [5.74, 6) is -0.161. The second-order valence-corrected chi connectivity index (χ2v) is 4.72. The van der Waals surface area contributed by atoms with Gasteiger partial charge in [-0.1, -0.05) is 12.1 Å². The van der Waals surface area contributed by atoms with Gasteiger partial charge in [0, 0.05) is 5.75 Å². The molecule has 0 spiro atoms. The van der Waals surface area contributed by atoms with Crippen molar-refractivity contribution in [3.05, 3.63) is 53.7 Å². The molecular weight excluding hydrogens is 248 g/mol. The van der Waals surface area contributed by atoms with E-state index in [2.05, 4.69) is 4.98 Å². The van der Waals surface area contributed by atoms with Crippen LogP contribution >= 0.6 is 11.8 Å². The predicted molar refractivity (Wildman–Crippen MR) is 71.6 cm³/mol. The number of anilines is 1. The molecule has 92 valence electrons. The highest BCUT2D eigenvalue weighted by Crippen LogP contribution is 2.21. The Morgan fingerprint density at radius 3 is 2.50 bits per heavy atom. The number of benzene rings is 1. The fourth-order valence-electron chi connectivity index (χ4n) is 1.38. The maximum atomic E-state index is 10.7. The van der Waals surface area contributed by atoms with Gasteiger partial charge >= 0.3 is 5.97 Å². The highest BCUT2D eigenvalue weighted by atomic mass is 32.2. The van der Waals surface area contributed by atoms with Crippen LogP contribution in [-0.4, -0.2) is 16.1 Å². The fraction of sp³-hybridized carbons (Fsp3) is 0.0769. The summed E-state index contributed by atoms with van der Waals surface area (Å²) >= 11 is 1.58. The van der Waals surface area contributed by atoms with Crippen molar-refractivity contribution in [2.24, 2.45) is 0 Å². The summed E-state index contributed by atoms with van der Waals surface area (Å²) in [5.41, 5.74) is 7.55. The molecular formula is C13H12N2O2S. The van der Waals surface area contributed by atoms with Crippen molar-refractivity contribution in [3.63, 3.8) is 0 Å². The van der Waals surface area contributed by atoms with E-state index < -0.39 is 5.97 Å². The molecule has 4 nitrogen and oxygen atoms in total. The number of carboxylic acid groups (broad SMARTS) is 1. The van der Waals surface area contributed by atoms with Crippen molar-refractivity contribution < 1.29 is 9.90 Å². The summed E-state index contributed by atoms with van der Waals surface area (Å²) in [7, 11) is 0. The number of nitrogens with two attached hydrogens (primary N) is 1. The number of thioether (sulfide) groups is 1. The van der Waals surface area contributed by atoms with E-state index in [1.807, 2.05) is 24.3 Å². The number of carbonyl (C=O) groups is 1. The standard InChI is InChI=1S/C13H12N2O2S/c14-11-5-6-12(15-7-11)18-8-9-1-3-10(4-2-9)13(16)17/h1-7H,8,14H2,(H,16,17). The minimum absolute atomic E-state index is 0.300. The van der Waals surface area contributed by atoms with Gasteiger partial charge in [-0.3, -0.25) is 0 Å². The average Bonchev–Trinajstić information content (AvgIpc) is 2.38. The molecule has 5 heteroatoms. The van der Waals surface area contributed by atoms with E-state index in [-0.39, 0.29) is 0 Å². The molecule has 0 saturated carbocycles. The predicted octanol–water partition coefficient (Wildman–Crippen LogP) is 2.65. The van der Waals surface area contributed by atoms with Crippen molar-refractivity contribution in [1.29, 1.82) is 0 Å². The van der Waals surface area contributed by atoms with Crippen molar-refractivity contribution in [1.82, 2.24) is 4.98 Å². The van der Waals surface area contributed by atoms with Crippen LogP contribution in [0.5, 0.6) is 0 Å². The average molecular weight is 260 g/mol. The molecule has 0 radical (unpaired) electrons. The maximum Gasteiger partial charge on any atom is 0.335 e. The Morgan fingerprint density at radius 2 is 1.94 bits per heavy atom. The van der Waals surface area contributed by atoms with Crippen molar-refractivity contribution in [3.8, 4) is 0 Å². The minimum atomic E-state index is -0.908. The third-order valence-electron chi connectivity index (χ3n) is 2.35. The highest BCUT2D eigenvalue weighted by molar-refractivity contribution is 7.98. The molecule has 0 fully saturated rings. The quantitative estimate of drug-likeness (QED) is 0.826. The molecule has 2 aromatic rings. The van der Waals surface area contributed by atoms with E-state index in [1.165, 1.54) is 0 Å². The first-order valence-corrected chi connectivity index (χ1v) is 6.30. The zero-order valence-corrected chi connectivity index (χ0v) is 10.4. The van der Waals surface area contributed by atoms with Crippen LogP contribution in [0.2, 0.25) is 0 Å². The first-order chi connectivity index (χ1) is 8.65. The second kappa shape index (κ2) is 5.55. The Bertz CT molecular complexity index is 538.